The summed E-state index contributed by atoms with van der Waals surface area (Å²) in [6, 6.07) is 5.20. The monoisotopic (exact) mass is 320 g/mol. The number of urea groups is 1. The van der Waals surface area contributed by atoms with Crippen LogP contribution in [0.4, 0.5) is 10.5 Å². The van der Waals surface area contributed by atoms with Crippen molar-refractivity contribution in [1.29, 1.82) is 0 Å². The first-order valence-corrected chi connectivity index (χ1v) is 8.33. The first-order valence-electron chi connectivity index (χ1n) is 8.33. The Bertz CT molecular complexity index is 531. The number of benzene rings is 1. The third-order valence-electron chi connectivity index (χ3n) is 3.81. The molecule has 1 aliphatic heterocycles. The highest BCUT2D eigenvalue weighted by molar-refractivity contribution is 5.89. The smallest absolute Gasteiger partial charge is 0.319 e. The zero-order chi connectivity index (χ0) is 15.9. The minimum atomic E-state index is -0.221. The van der Waals surface area contributed by atoms with Crippen LogP contribution in [0.1, 0.15) is 25.7 Å². The van der Waals surface area contributed by atoms with E-state index in [0.717, 1.165) is 31.1 Å². The molecule has 1 fully saturated rings. The number of amides is 2. The van der Waals surface area contributed by atoms with Crippen molar-refractivity contribution >= 4 is 11.7 Å². The number of hydrogen-bond donors (Lipinski definition) is 2. The number of fused-ring (bicyclic) bond motifs is 1. The Morgan fingerprint density at radius 3 is 2.87 bits per heavy atom. The molecule has 1 heterocycles. The maximum absolute atomic E-state index is 11.9. The van der Waals surface area contributed by atoms with E-state index in [1.54, 1.807) is 6.07 Å². The molecule has 2 amide bonds. The summed E-state index contributed by atoms with van der Waals surface area (Å²) in [5, 5.41) is 5.63. The quantitative estimate of drug-likeness (QED) is 0.758. The molecule has 6 heteroatoms. The van der Waals surface area contributed by atoms with E-state index in [1.807, 2.05) is 12.1 Å². The predicted octanol–water partition coefficient (Wildman–Crippen LogP) is 2.79. The minimum absolute atomic E-state index is 0.221. The molecule has 0 atom stereocenters. The summed E-state index contributed by atoms with van der Waals surface area (Å²) in [5.74, 6) is 2.18. The molecule has 3 rings (SSSR count). The Labute approximate surface area is 136 Å². The van der Waals surface area contributed by atoms with Crippen molar-refractivity contribution in [3.05, 3.63) is 18.2 Å². The normalized spacial score (nSPS) is 16.5. The Morgan fingerprint density at radius 2 is 2.04 bits per heavy atom. The Balaban J connectivity index is 1.36. The lowest BCUT2D eigenvalue weighted by Crippen LogP contribution is -2.30. The number of carbonyl (C=O) groups is 1. The zero-order valence-electron chi connectivity index (χ0n) is 13.3. The molecule has 0 radical (unpaired) electrons. The average Bonchev–Trinajstić information content (AvgIpc) is 3.37. The van der Waals surface area contributed by atoms with Crippen molar-refractivity contribution in [3.8, 4) is 11.5 Å². The fourth-order valence-corrected chi connectivity index (χ4v) is 2.33. The van der Waals surface area contributed by atoms with E-state index < -0.39 is 0 Å². The molecule has 23 heavy (non-hydrogen) atoms. The summed E-state index contributed by atoms with van der Waals surface area (Å²) in [7, 11) is 0. The van der Waals surface area contributed by atoms with Gasteiger partial charge >= 0.3 is 6.03 Å². The molecule has 0 saturated heterocycles. The van der Waals surface area contributed by atoms with Gasteiger partial charge in [0.15, 0.2) is 11.5 Å². The number of carbonyl (C=O) groups excluding carboxylic acids is 1. The fraction of sp³-hybridized carbons (Fsp3) is 0.588. The van der Waals surface area contributed by atoms with Crippen LogP contribution < -0.4 is 20.1 Å². The molecular weight excluding hydrogens is 296 g/mol. The fourth-order valence-electron chi connectivity index (χ4n) is 2.33. The molecule has 0 spiro atoms. The van der Waals surface area contributed by atoms with E-state index in [2.05, 4.69) is 10.6 Å². The van der Waals surface area contributed by atoms with Crippen LogP contribution in [0.25, 0.3) is 0 Å². The molecule has 6 nitrogen and oxygen atoms in total. The Kier molecular flexibility index (Phi) is 5.58. The summed E-state index contributed by atoms with van der Waals surface area (Å²) >= 11 is 0. The molecule has 0 unspecified atom stereocenters. The molecule has 2 aliphatic rings. The molecule has 1 aliphatic carbocycles. The largest absolute Gasteiger partial charge is 0.490 e. The van der Waals surface area contributed by atoms with E-state index >= 15 is 0 Å². The van der Waals surface area contributed by atoms with Crippen molar-refractivity contribution in [2.75, 3.05) is 38.3 Å². The Hall–Kier alpha value is -1.95. The van der Waals surface area contributed by atoms with Gasteiger partial charge in [0, 0.05) is 37.9 Å². The maximum atomic E-state index is 11.9. The average molecular weight is 320 g/mol. The Morgan fingerprint density at radius 1 is 1.22 bits per heavy atom. The van der Waals surface area contributed by atoms with E-state index in [4.69, 9.17) is 14.2 Å². The summed E-state index contributed by atoms with van der Waals surface area (Å²) in [4.78, 5) is 11.9. The lowest BCUT2D eigenvalue weighted by atomic mass is 10.3. The van der Waals surface area contributed by atoms with E-state index in [-0.39, 0.29) is 6.03 Å². The molecule has 0 aromatic heterocycles. The molecule has 126 valence electrons. The van der Waals surface area contributed by atoms with Crippen LogP contribution >= 0.6 is 0 Å². The molecule has 1 saturated carbocycles. The number of nitrogens with one attached hydrogen (secondary N) is 2. The summed E-state index contributed by atoms with van der Waals surface area (Å²) in [6.45, 7) is 3.44. The number of ether oxygens (including phenoxy) is 3. The van der Waals surface area contributed by atoms with Crippen LogP contribution in [-0.2, 0) is 4.74 Å². The van der Waals surface area contributed by atoms with Gasteiger partial charge in [0.1, 0.15) is 0 Å². The van der Waals surface area contributed by atoms with Crippen molar-refractivity contribution in [2.45, 2.75) is 25.7 Å². The SMILES string of the molecule is O=C(NCCCOCC1CC1)Nc1ccc2c(c1)OCCCO2. The first-order chi connectivity index (χ1) is 11.3. The minimum Gasteiger partial charge on any atom is -0.490 e. The van der Waals surface area contributed by atoms with E-state index in [1.165, 1.54) is 12.8 Å². The van der Waals surface area contributed by atoms with Crippen LogP contribution in [0, 0.1) is 5.92 Å². The molecule has 1 aromatic rings. The van der Waals surface area contributed by atoms with Gasteiger partial charge in [-0.1, -0.05) is 0 Å². The van der Waals surface area contributed by atoms with Gasteiger partial charge in [-0.25, -0.2) is 4.79 Å². The third kappa shape index (κ3) is 5.32. The van der Waals surface area contributed by atoms with Crippen molar-refractivity contribution in [2.24, 2.45) is 5.92 Å². The third-order valence-corrected chi connectivity index (χ3v) is 3.81. The summed E-state index contributed by atoms with van der Waals surface area (Å²) in [5.41, 5.74) is 0.691. The second kappa shape index (κ2) is 8.06. The highest BCUT2D eigenvalue weighted by Gasteiger charge is 2.20. The van der Waals surface area contributed by atoms with Gasteiger partial charge in [0.25, 0.3) is 0 Å². The highest BCUT2D eigenvalue weighted by Crippen LogP contribution is 2.32. The number of anilines is 1. The van der Waals surface area contributed by atoms with Crippen LogP contribution in [0.15, 0.2) is 18.2 Å². The van der Waals surface area contributed by atoms with Crippen LogP contribution in [0.5, 0.6) is 11.5 Å². The highest BCUT2D eigenvalue weighted by atomic mass is 16.5. The van der Waals surface area contributed by atoms with Crippen LogP contribution in [-0.4, -0.2) is 39.0 Å². The van der Waals surface area contributed by atoms with Gasteiger partial charge in [-0.2, -0.15) is 0 Å². The first kappa shape index (κ1) is 15.9. The van der Waals surface area contributed by atoms with E-state index in [0.29, 0.717) is 37.8 Å². The summed E-state index contributed by atoms with van der Waals surface area (Å²) in [6.07, 6.45) is 4.29. The van der Waals surface area contributed by atoms with Gasteiger partial charge in [-0.05, 0) is 37.3 Å². The second-order valence-electron chi connectivity index (χ2n) is 5.96. The van der Waals surface area contributed by atoms with E-state index in [9.17, 15) is 4.79 Å². The van der Waals surface area contributed by atoms with Gasteiger partial charge in [0.05, 0.1) is 13.2 Å². The standard InChI is InChI=1S/C17H24N2O4/c20-17(18-7-1-8-21-12-13-3-4-13)19-14-5-6-15-16(11-14)23-10-2-9-22-15/h5-6,11,13H,1-4,7-10,12H2,(H2,18,19,20). The second-order valence-corrected chi connectivity index (χ2v) is 5.96. The molecular formula is C17H24N2O4. The summed E-state index contributed by atoms with van der Waals surface area (Å²) < 4.78 is 16.7. The van der Waals surface area contributed by atoms with Crippen LogP contribution in [0.3, 0.4) is 0 Å². The van der Waals surface area contributed by atoms with Gasteiger partial charge in [-0.15, -0.1) is 0 Å². The molecule has 2 N–H and O–H groups in total. The zero-order valence-corrected chi connectivity index (χ0v) is 13.3. The molecule has 0 bridgehead atoms. The van der Waals surface area contributed by atoms with Crippen molar-refractivity contribution < 1.29 is 19.0 Å². The van der Waals surface area contributed by atoms with Gasteiger partial charge < -0.3 is 24.8 Å². The lowest BCUT2D eigenvalue weighted by molar-refractivity contribution is 0.122. The van der Waals surface area contributed by atoms with Crippen molar-refractivity contribution in [3.63, 3.8) is 0 Å². The maximum Gasteiger partial charge on any atom is 0.319 e. The molecule has 1 aromatic carbocycles. The predicted molar refractivity (Wildman–Crippen MR) is 87.2 cm³/mol. The number of rotatable bonds is 7. The van der Waals surface area contributed by atoms with Gasteiger partial charge in [0.2, 0.25) is 0 Å². The van der Waals surface area contributed by atoms with Crippen molar-refractivity contribution in [1.82, 2.24) is 5.32 Å². The lowest BCUT2D eigenvalue weighted by Gasteiger charge is -2.11. The van der Waals surface area contributed by atoms with Gasteiger partial charge in [-0.3, -0.25) is 0 Å². The number of hydrogen-bond acceptors (Lipinski definition) is 4. The van der Waals surface area contributed by atoms with Crippen LogP contribution in [0.2, 0.25) is 0 Å². The topological polar surface area (TPSA) is 68.8 Å².